The van der Waals surface area contributed by atoms with Crippen LogP contribution in [0.15, 0.2) is 84.9 Å². The second-order valence-electron chi connectivity index (χ2n) is 11.2. The second-order valence-corrected chi connectivity index (χ2v) is 11.2. The number of halogens is 1. The van der Waals surface area contributed by atoms with E-state index in [0.29, 0.717) is 25.2 Å². The molecule has 41 heavy (non-hydrogen) atoms. The zero-order valence-corrected chi connectivity index (χ0v) is 23.1. The number of hydrogen-bond acceptors (Lipinski definition) is 3. The fraction of sp³-hybridized carbons (Fsp3) is 0.257. The van der Waals surface area contributed by atoms with Gasteiger partial charge in [0.05, 0.1) is 5.56 Å². The molecule has 1 heterocycles. The van der Waals surface area contributed by atoms with Gasteiger partial charge in [0.15, 0.2) is 0 Å². The topological polar surface area (TPSA) is 69.6 Å². The van der Waals surface area contributed by atoms with Gasteiger partial charge in [-0.25, -0.2) is 9.18 Å². The van der Waals surface area contributed by atoms with Crippen LogP contribution < -0.4 is 5.32 Å². The molecule has 2 atom stereocenters. The van der Waals surface area contributed by atoms with Gasteiger partial charge in [-0.15, -0.1) is 0 Å². The van der Waals surface area contributed by atoms with Crippen molar-refractivity contribution in [3.05, 3.63) is 130 Å². The molecule has 1 aliphatic carbocycles. The number of nitrogens with one attached hydrogen (secondary N) is 1. The third-order valence-electron chi connectivity index (χ3n) is 8.57. The first-order chi connectivity index (χ1) is 19.9. The Kier molecular flexibility index (Phi) is 7.41. The van der Waals surface area contributed by atoms with Crippen LogP contribution in [-0.4, -0.2) is 28.4 Å². The van der Waals surface area contributed by atoms with Gasteiger partial charge in [0.2, 0.25) is 5.91 Å². The van der Waals surface area contributed by atoms with Gasteiger partial charge in [0.1, 0.15) is 5.82 Å². The Morgan fingerprint density at radius 3 is 2.46 bits per heavy atom. The zero-order chi connectivity index (χ0) is 28.5. The van der Waals surface area contributed by atoms with Gasteiger partial charge in [-0.1, -0.05) is 66.7 Å². The first-order valence-corrected chi connectivity index (χ1v) is 14.2. The monoisotopic (exact) mass is 548 g/mol. The molecule has 0 saturated heterocycles. The Hall–Kier alpha value is -4.29. The van der Waals surface area contributed by atoms with Gasteiger partial charge >= 0.3 is 5.97 Å². The molecule has 0 bridgehead atoms. The predicted molar refractivity (Wildman–Crippen MR) is 157 cm³/mol. The molecule has 4 aromatic carbocycles. The lowest BCUT2D eigenvalue weighted by molar-refractivity contribution is -0.122. The summed E-state index contributed by atoms with van der Waals surface area (Å²) >= 11 is 0. The van der Waals surface area contributed by atoms with E-state index >= 15 is 0 Å². The summed E-state index contributed by atoms with van der Waals surface area (Å²) in [6.07, 6.45) is 1.67. The zero-order valence-electron chi connectivity index (χ0n) is 23.1. The van der Waals surface area contributed by atoms with E-state index in [1.165, 1.54) is 28.8 Å². The molecular weight excluding hydrogens is 515 g/mol. The van der Waals surface area contributed by atoms with Gasteiger partial charge in [0, 0.05) is 32.1 Å². The molecule has 6 heteroatoms. The molecule has 5 nitrogen and oxygen atoms in total. The number of amides is 1. The van der Waals surface area contributed by atoms with E-state index in [2.05, 4.69) is 34.5 Å². The molecule has 1 saturated carbocycles. The maximum Gasteiger partial charge on any atom is 0.335 e. The minimum absolute atomic E-state index is 0.00359. The molecule has 0 spiro atoms. The van der Waals surface area contributed by atoms with Crippen LogP contribution in [0, 0.1) is 18.7 Å². The largest absolute Gasteiger partial charge is 0.478 e. The van der Waals surface area contributed by atoms with Gasteiger partial charge < -0.3 is 10.4 Å². The first-order valence-electron chi connectivity index (χ1n) is 14.2. The quantitative estimate of drug-likeness (QED) is 0.265. The number of carboxylic acids is 1. The third kappa shape index (κ3) is 5.66. The number of nitrogens with zero attached hydrogens (tertiary/aromatic N) is 1. The Bertz CT molecular complexity index is 1600. The van der Waals surface area contributed by atoms with Crippen LogP contribution >= 0.6 is 0 Å². The van der Waals surface area contributed by atoms with Crippen molar-refractivity contribution in [1.29, 1.82) is 0 Å². The summed E-state index contributed by atoms with van der Waals surface area (Å²) in [5.41, 5.74) is 8.73. The highest BCUT2D eigenvalue weighted by molar-refractivity contribution is 5.92. The fourth-order valence-corrected chi connectivity index (χ4v) is 6.22. The standard InChI is InChI=1S/C35H33FN2O3/c1-22-27(8-5-9-28(22)35(40)41)29-15-12-25(19-37-34(39)32-18-31(32)24-6-3-2-4-7-24)33-21-38(17-16-30(29)33)20-23-10-13-26(36)14-11-23/h2-15,31-32H,16-21H2,1H3,(H,37,39)(H,40,41). The molecule has 1 amide bonds. The summed E-state index contributed by atoms with van der Waals surface area (Å²) in [6, 6.07) is 26.4. The van der Waals surface area contributed by atoms with E-state index in [4.69, 9.17) is 0 Å². The molecule has 4 aromatic rings. The predicted octanol–water partition coefficient (Wildman–Crippen LogP) is 6.48. The maximum atomic E-state index is 13.5. The summed E-state index contributed by atoms with van der Waals surface area (Å²) in [4.78, 5) is 27.3. The van der Waals surface area contributed by atoms with E-state index in [1.807, 2.05) is 43.3 Å². The third-order valence-corrected chi connectivity index (χ3v) is 8.57. The molecule has 2 unspecified atom stereocenters. The molecule has 1 aliphatic heterocycles. The number of carbonyl (C=O) groups excluding carboxylic acids is 1. The number of rotatable bonds is 8. The summed E-state index contributed by atoms with van der Waals surface area (Å²) in [5, 5.41) is 12.9. The average molecular weight is 549 g/mol. The fourth-order valence-electron chi connectivity index (χ4n) is 6.22. The number of fused-ring (bicyclic) bond motifs is 1. The van der Waals surface area contributed by atoms with Crippen molar-refractivity contribution >= 4 is 11.9 Å². The van der Waals surface area contributed by atoms with Gasteiger partial charge in [-0.3, -0.25) is 9.69 Å². The lowest BCUT2D eigenvalue weighted by atomic mass is 9.85. The molecule has 2 N–H and O–H groups in total. The number of carbonyl (C=O) groups is 2. The van der Waals surface area contributed by atoms with Crippen LogP contribution in [-0.2, 0) is 30.8 Å². The van der Waals surface area contributed by atoms with Crippen molar-refractivity contribution in [2.45, 2.75) is 45.3 Å². The summed E-state index contributed by atoms with van der Waals surface area (Å²) in [5.74, 6) is -0.811. The van der Waals surface area contributed by atoms with E-state index in [1.54, 1.807) is 12.1 Å². The van der Waals surface area contributed by atoms with Crippen LogP contribution in [0.1, 0.15) is 56.1 Å². The minimum atomic E-state index is -0.933. The smallest absolute Gasteiger partial charge is 0.335 e. The SMILES string of the molecule is Cc1c(C(=O)O)cccc1-c1ccc(CNC(=O)C2CC2c2ccccc2)c2c1CCN(Cc1ccc(F)cc1)C2. The lowest BCUT2D eigenvalue weighted by Crippen LogP contribution is -2.32. The number of benzene rings is 4. The highest BCUT2D eigenvalue weighted by atomic mass is 19.1. The van der Waals surface area contributed by atoms with Crippen LogP contribution in [0.2, 0.25) is 0 Å². The Labute approximate surface area is 239 Å². The molecule has 1 fully saturated rings. The lowest BCUT2D eigenvalue weighted by Gasteiger charge is -2.32. The number of hydrogen-bond donors (Lipinski definition) is 2. The summed E-state index contributed by atoms with van der Waals surface area (Å²) < 4.78 is 13.5. The molecule has 6 rings (SSSR count). The van der Waals surface area contributed by atoms with Crippen molar-refractivity contribution in [2.24, 2.45) is 5.92 Å². The van der Waals surface area contributed by atoms with Crippen LogP contribution in [0.4, 0.5) is 4.39 Å². The minimum Gasteiger partial charge on any atom is -0.478 e. The Morgan fingerprint density at radius 1 is 0.927 bits per heavy atom. The van der Waals surface area contributed by atoms with Crippen molar-refractivity contribution in [1.82, 2.24) is 10.2 Å². The van der Waals surface area contributed by atoms with E-state index < -0.39 is 5.97 Å². The Morgan fingerprint density at radius 2 is 1.71 bits per heavy atom. The van der Waals surface area contributed by atoms with Crippen molar-refractivity contribution in [2.75, 3.05) is 6.54 Å². The first kappa shape index (κ1) is 26.9. The summed E-state index contributed by atoms with van der Waals surface area (Å²) in [6.45, 7) is 4.52. The van der Waals surface area contributed by atoms with Crippen molar-refractivity contribution < 1.29 is 19.1 Å². The van der Waals surface area contributed by atoms with E-state index in [9.17, 15) is 19.1 Å². The van der Waals surface area contributed by atoms with Gasteiger partial charge in [0.25, 0.3) is 0 Å². The Balaban J connectivity index is 1.27. The van der Waals surface area contributed by atoms with Crippen molar-refractivity contribution in [3.63, 3.8) is 0 Å². The molecular formula is C35H33FN2O3. The van der Waals surface area contributed by atoms with E-state index in [-0.39, 0.29) is 23.6 Å². The molecule has 0 aromatic heterocycles. The second kappa shape index (κ2) is 11.3. The van der Waals surface area contributed by atoms with Gasteiger partial charge in [-0.05, 0) is 88.4 Å². The van der Waals surface area contributed by atoms with E-state index in [0.717, 1.165) is 47.2 Å². The van der Waals surface area contributed by atoms with Gasteiger partial charge in [-0.2, -0.15) is 0 Å². The van der Waals surface area contributed by atoms with Crippen molar-refractivity contribution in [3.8, 4) is 11.1 Å². The molecule has 2 aliphatic rings. The highest BCUT2D eigenvalue weighted by Crippen LogP contribution is 2.47. The number of aromatic carboxylic acids is 1. The normalized spacial score (nSPS) is 18.0. The molecule has 0 radical (unpaired) electrons. The average Bonchev–Trinajstić information content (AvgIpc) is 3.79. The maximum absolute atomic E-state index is 13.5. The van der Waals surface area contributed by atoms with Crippen LogP contribution in [0.5, 0.6) is 0 Å². The molecule has 208 valence electrons. The highest BCUT2D eigenvalue weighted by Gasteiger charge is 2.43. The van der Waals surface area contributed by atoms with Crippen LogP contribution in [0.25, 0.3) is 11.1 Å². The summed E-state index contributed by atoms with van der Waals surface area (Å²) in [7, 11) is 0. The number of carboxylic acid groups (broad SMARTS) is 1. The van der Waals surface area contributed by atoms with Crippen LogP contribution in [0.3, 0.4) is 0 Å².